The van der Waals surface area contributed by atoms with E-state index >= 15 is 0 Å². The van der Waals surface area contributed by atoms with Crippen LogP contribution in [0.2, 0.25) is 0 Å². The lowest BCUT2D eigenvalue weighted by atomic mass is 10.0. The largest absolute Gasteiger partial charge is 0.294 e. The molecule has 1 aromatic rings. The molecular formula is C14H17NOS. The van der Waals surface area contributed by atoms with Gasteiger partial charge in [0.1, 0.15) is 0 Å². The summed E-state index contributed by atoms with van der Waals surface area (Å²) in [5, 5.41) is 1.01. The number of hydrogen-bond acceptors (Lipinski definition) is 3. The Morgan fingerprint density at radius 3 is 2.71 bits per heavy atom. The van der Waals surface area contributed by atoms with Gasteiger partial charge in [-0.25, -0.2) is 0 Å². The molecule has 3 heteroatoms. The van der Waals surface area contributed by atoms with Crippen molar-refractivity contribution in [3.63, 3.8) is 0 Å². The normalized spacial score (nSPS) is 17.9. The van der Waals surface area contributed by atoms with Crippen LogP contribution in [0.5, 0.6) is 0 Å². The summed E-state index contributed by atoms with van der Waals surface area (Å²) in [5.74, 6) is 1.17. The maximum Gasteiger partial charge on any atom is 0.163 e. The van der Waals surface area contributed by atoms with Gasteiger partial charge in [0.05, 0.1) is 10.6 Å². The Labute approximate surface area is 107 Å². The second-order valence-corrected chi connectivity index (χ2v) is 5.80. The first-order valence-electron chi connectivity index (χ1n) is 5.89. The zero-order valence-electron chi connectivity index (χ0n) is 10.5. The van der Waals surface area contributed by atoms with Crippen molar-refractivity contribution in [2.45, 2.75) is 32.7 Å². The highest BCUT2D eigenvalue weighted by Gasteiger charge is 2.27. The number of aliphatic imine (C=N–C) groups is 1. The number of carbonyl (C=O) groups is 1. The van der Waals surface area contributed by atoms with Crippen molar-refractivity contribution in [1.29, 1.82) is 0 Å². The summed E-state index contributed by atoms with van der Waals surface area (Å²) in [4.78, 5) is 16.6. The summed E-state index contributed by atoms with van der Waals surface area (Å²) in [6.45, 7) is 6.14. The average molecular weight is 247 g/mol. The van der Waals surface area contributed by atoms with E-state index in [0.717, 1.165) is 21.9 Å². The van der Waals surface area contributed by atoms with Gasteiger partial charge in [0, 0.05) is 23.3 Å². The molecule has 0 aliphatic carbocycles. The number of thioether (sulfide) groups is 1. The molecule has 0 fully saturated rings. The zero-order chi connectivity index (χ0) is 12.5. The molecule has 0 spiro atoms. The van der Waals surface area contributed by atoms with E-state index in [4.69, 9.17) is 4.99 Å². The van der Waals surface area contributed by atoms with E-state index in [-0.39, 0.29) is 11.3 Å². The van der Waals surface area contributed by atoms with Crippen LogP contribution in [0.15, 0.2) is 29.3 Å². The van der Waals surface area contributed by atoms with Gasteiger partial charge in [-0.15, -0.1) is 11.8 Å². The maximum absolute atomic E-state index is 11.9. The van der Waals surface area contributed by atoms with E-state index < -0.39 is 0 Å². The molecule has 0 saturated carbocycles. The van der Waals surface area contributed by atoms with E-state index in [9.17, 15) is 4.79 Å². The van der Waals surface area contributed by atoms with Crippen LogP contribution in [0.4, 0.5) is 0 Å². The minimum atomic E-state index is -0.0115. The quantitative estimate of drug-likeness (QED) is 0.764. The van der Waals surface area contributed by atoms with Crippen LogP contribution in [-0.2, 0) is 0 Å². The summed E-state index contributed by atoms with van der Waals surface area (Å²) < 4.78 is 0. The van der Waals surface area contributed by atoms with Crippen LogP contribution in [0.1, 0.15) is 43.1 Å². The number of benzene rings is 1. The summed E-state index contributed by atoms with van der Waals surface area (Å²) >= 11 is 1.74. The number of Topliss-reactive ketones (excluding diaryl/α,β-unsaturated/α-hetero) is 1. The van der Waals surface area contributed by atoms with Crippen molar-refractivity contribution in [1.82, 2.24) is 0 Å². The SMILES string of the molecule is CCC(=O)c1ccccc1C1=NC(C)(C)CS1. The first-order chi connectivity index (χ1) is 8.03. The lowest BCUT2D eigenvalue weighted by Gasteiger charge is -2.10. The van der Waals surface area contributed by atoms with Crippen LogP contribution in [0.3, 0.4) is 0 Å². The van der Waals surface area contributed by atoms with Crippen molar-refractivity contribution >= 4 is 22.6 Å². The predicted octanol–water partition coefficient (Wildman–Crippen LogP) is 3.55. The van der Waals surface area contributed by atoms with Gasteiger partial charge in [0.25, 0.3) is 0 Å². The van der Waals surface area contributed by atoms with E-state index in [1.165, 1.54) is 0 Å². The highest BCUT2D eigenvalue weighted by Crippen LogP contribution is 2.31. The molecule has 0 saturated heterocycles. The van der Waals surface area contributed by atoms with Crippen molar-refractivity contribution in [3.8, 4) is 0 Å². The maximum atomic E-state index is 11.9. The molecule has 0 aromatic heterocycles. The fourth-order valence-electron chi connectivity index (χ4n) is 1.83. The number of hydrogen-bond donors (Lipinski definition) is 0. The summed E-state index contributed by atoms with van der Waals surface area (Å²) in [6, 6.07) is 7.78. The molecule has 17 heavy (non-hydrogen) atoms. The monoisotopic (exact) mass is 247 g/mol. The highest BCUT2D eigenvalue weighted by molar-refractivity contribution is 8.14. The number of carbonyl (C=O) groups excluding carboxylic acids is 1. The third kappa shape index (κ3) is 2.60. The molecule has 2 rings (SSSR count). The molecule has 1 aliphatic rings. The first kappa shape index (κ1) is 12.4. The topological polar surface area (TPSA) is 29.4 Å². The molecule has 2 nitrogen and oxygen atoms in total. The molecule has 1 heterocycles. The number of ketones is 1. The Morgan fingerprint density at radius 1 is 1.41 bits per heavy atom. The summed E-state index contributed by atoms with van der Waals surface area (Å²) in [6.07, 6.45) is 0.540. The molecule has 0 unspecified atom stereocenters. The van der Waals surface area contributed by atoms with Crippen LogP contribution >= 0.6 is 11.8 Å². The van der Waals surface area contributed by atoms with Gasteiger partial charge < -0.3 is 0 Å². The second kappa shape index (κ2) is 4.65. The molecule has 0 atom stereocenters. The molecule has 0 N–H and O–H groups in total. The van der Waals surface area contributed by atoms with E-state index in [1.54, 1.807) is 11.8 Å². The number of nitrogens with zero attached hydrogens (tertiary/aromatic N) is 1. The molecule has 0 bridgehead atoms. The fraction of sp³-hybridized carbons (Fsp3) is 0.429. The van der Waals surface area contributed by atoms with E-state index in [2.05, 4.69) is 13.8 Å². The Hall–Kier alpha value is -1.09. The minimum absolute atomic E-state index is 0.0115. The lowest BCUT2D eigenvalue weighted by Crippen LogP contribution is -2.15. The molecule has 0 radical (unpaired) electrons. The summed E-state index contributed by atoms with van der Waals surface area (Å²) in [7, 11) is 0. The van der Waals surface area contributed by atoms with Crippen molar-refractivity contribution in [3.05, 3.63) is 35.4 Å². The molecule has 0 amide bonds. The lowest BCUT2D eigenvalue weighted by molar-refractivity contribution is 0.0988. The van der Waals surface area contributed by atoms with E-state index in [1.807, 2.05) is 31.2 Å². The summed E-state index contributed by atoms with van der Waals surface area (Å²) in [5.41, 5.74) is 1.79. The van der Waals surface area contributed by atoms with Gasteiger partial charge in [-0.3, -0.25) is 9.79 Å². The van der Waals surface area contributed by atoms with Gasteiger partial charge in [0.2, 0.25) is 0 Å². The first-order valence-corrected chi connectivity index (χ1v) is 6.87. The van der Waals surface area contributed by atoms with E-state index in [0.29, 0.717) is 6.42 Å². The molecule has 1 aliphatic heterocycles. The Bertz CT molecular complexity index is 477. The standard InChI is InChI=1S/C14H17NOS/c1-4-12(16)10-7-5-6-8-11(10)13-15-14(2,3)9-17-13/h5-8H,4,9H2,1-3H3. The fourth-order valence-corrected chi connectivity index (χ4v) is 3.03. The second-order valence-electron chi connectivity index (χ2n) is 4.84. The third-order valence-electron chi connectivity index (χ3n) is 2.75. The molecular weight excluding hydrogens is 230 g/mol. The van der Waals surface area contributed by atoms with Gasteiger partial charge >= 0.3 is 0 Å². The predicted molar refractivity (Wildman–Crippen MR) is 74.1 cm³/mol. The van der Waals surface area contributed by atoms with Gasteiger partial charge in [0.15, 0.2) is 5.78 Å². The van der Waals surface area contributed by atoms with Gasteiger partial charge in [-0.2, -0.15) is 0 Å². The minimum Gasteiger partial charge on any atom is -0.294 e. The van der Waals surface area contributed by atoms with Crippen molar-refractivity contribution in [2.24, 2.45) is 4.99 Å². The van der Waals surface area contributed by atoms with Crippen LogP contribution < -0.4 is 0 Å². The smallest absolute Gasteiger partial charge is 0.163 e. The van der Waals surface area contributed by atoms with Crippen LogP contribution in [-0.4, -0.2) is 22.1 Å². The van der Waals surface area contributed by atoms with Crippen LogP contribution in [0.25, 0.3) is 0 Å². The molecule has 90 valence electrons. The van der Waals surface area contributed by atoms with Crippen molar-refractivity contribution in [2.75, 3.05) is 5.75 Å². The highest BCUT2D eigenvalue weighted by atomic mass is 32.2. The Morgan fingerprint density at radius 2 is 2.12 bits per heavy atom. The Kier molecular flexibility index (Phi) is 3.38. The molecule has 1 aromatic carbocycles. The number of rotatable bonds is 3. The van der Waals surface area contributed by atoms with Crippen LogP contribution in [0, 0.1) is 0 Å². The van der Waals surface area contributed by atoms with Crippen molar-refractivity contribution < 1.29 is 4.79 Å². The Balaban J connectivity index is 2.43. The third-order valence-corrected chi connectivity index (χ3v) is 4.18. The van der Waals surface area contributed by atoms with Gasteiger partial charge in [-0.05, 0) is 13.8 Å². The van der Waals surface area contributed by atoms with Gasteiger partial charge in [-0.1, -0.05) is 31.2 Å². The average Bonchev–Trinajstić information content (AvgIpc) is 2.68. The zero-order valence-corrected chi connectivity index (χ0v) is 11.3.